The second-order valence-corrected chi connectivity index (χ2v) is 7.24. The fourth-order valence-corrected chi connectivity index (χ4v) is 3.95. The normalized spacial score (nSPS) is 13.7. The highest BCUT2D eigenvalue weighted by molar-refractivity contribution is 7.14. The molecule has 24 heavy (non-hydrogen) atoms. The minimum atomic E-state index is -0.257. The van der Waals surface area contributed by atoms with E-state index in [1.54, 1.807) is 17.5 Å². The number of hydrazine groups is 1. The van der Waals surface area contributed by atoms with Crippen LogP contribution in [0.2, 0.25) is 0 Å². The second kappa shape index (κ2) is 7.57. The predicted octanol–water partition coefficient (Wildman–Crippen LogP) is 2.72. The highest BCUT2D eigenvalue weighted by Crippen LogP contribution is 2.28. The summed E-state index contributed by atoms with van der Waals surface area (Å²) >= 11 is 1.54. The first-order chi connectivity index (χ1) is 11.6. The summed E-state index contributed by atoms with van der Waals surface area (Å²) in [5.74, 6) is -0.504. The van der Waals surface area contributed by atoms with Gasteiger partial charge in [-0.3, -0.25) is 25.4 Å². The number of amides is 2. The van der Waals surface area contributed by atoms with E-state index in [1.165, 1.54) is 29.7 Å². The molecule has 1 aliphatic rings. The molecule has 0 spiro atoms. The minimum Gasteiger partial charge on any atom is -0.273 e. The molecule has 0 saturated carbocycles. The number of nitrogens with zero attached hydrogens (tertiary/aromatic N) is 1. The van der Waals surface area contributed by atoms with Gasteiger partial charge in [0.05, 0.1) is 11.3 Å². The molecular formula is C18H21N3O2S. The summed E-state index contributed by atoms with van der Waals surface area (Å²) in [6.45, 7) is 1.90. The monoisotopic (exact) mass is 343 g/mol. The third kappa shape index (κ3) is 4.20. The number of aryl methyl sites for hydroxylation is 3. The van der Waals surface area contributed by atoms with Gasteiger partial charge in [-0.15, -0.1) is 11.3 Å². The summed E-state index contributed by atoms with van der Waals surface area (Å²) in [5.41, 5.74) is 8.00. The van der Waals surface area contributed by atoms with Crippen LogP contribution in [0.3, 0.4) is 0 Å². The number of carbonyl (C=O) groups excluding carboxylic acids is 2. The minimum absolute atomic E-state index is 0.189. The highest BCUT2D eigenvalue weighted by atomic mass is 32.1. The Balaban J connectivity index is 1.53. The summed E-state index contributed by atoms with van der Waals surface area (Å²) in [6, 6.07) is 5.69. The van der Waals surface area contributed by atoms with Crippen molar-refractivity contribution in [3.05, 3.63) is 51.0 Å². The van der Waals surface area contributed by atoms with Gasteiger partial charge in [0.2, 0.25) is 5.91 Å². The Kier molecular flexibility index (Phi) is 5.25. The van der Waals surface area contributed by atoms with E-state index in [0.717, 1.165) is 24.1 Å². The van der Waals surface area contributed by atoms with Gasteiger partial charge in [0.1, 0.15) is 0 Å². The van der Waals surface area contributed by atoms with Crippen LogP contribution in [0, 0.1) is 6.92 Å². The van der Waals surface area contributed by atoms with E-state index >= 15 is 0 Å². The Morgan fingerprint density at radius 1 is 1.17 bits per heavy atom. The number of hydrogen-bond acceptors (Lipinski definition) is 4. The van der Waals surface area contributed by atoms with Gasteiger partial charge in [0.25, 0.3) is 5.91 Å². The summed E-state index contributed by atoms with van der Waals surface area (Å²) < 4.78 is 0. The predicted molar refractivity (Wildman–Crippen MR) is 93.9 cm³/mol. The van der Waals surface area contributed by atoms with Gasteiger partial charge in [0.15, 0.2) is 0 Å². The molecule has 0 saturated heterocycles. The Bertz CT molecular complexity index is 714. The van der Waals surface area contributed by atoms with Crippen LogP contribution in [-0.4, -0.2) is 16.8 Å². The smallest absolute Gasteiger partial charge is 0.273 e. The van der Waals surface area contributed by atoms with Crippen molar-refractivity contribution in [2.45, 2.75) is 45.4 Å². The maximum absolute atomic E-state index is 12.2. The van der Waals surface area contributed by atoms with Crippen molar-refractivity contribution < 1.29 is 9.59 Å². The van der Waals surface area contributed by atoms with Gasteiger partial charge in [-0.2, -0.15) is 0 Å². The maximum Gasteiger partial charge on any atom is 0.279 e. The van der Waals surface area contributed by atoms with Crippen LogP contribution in [0.5, 0.6) is 0 Å². The van der Waals surface area contributed by atoms with Gasteiger partial charge >= 0.3 is 0 Å². The molecule has 2 aromatic rings. The fraction of sp³-hybridized carbons (Fsp3) is 0.389. The number of nitrogens with one attached hydrogen (secondary N) is 2. The molecule has 126 valence electrons. The third-order valence-electron chi connectivity index (χ3n) is 4.12. The molecule has 5 nitrogen and oxygen atoms in total. The number of hydrogen-bond donors (Lipinski definition) is 2. The first kappa shape index (κ1) is 16.6. The summed E-state index contributed by atoms with van der Waals surface area (Å²) in [7, 11) is 0. The lowest BCUT2D eigenvalue weighted by Gasteiger charge is -2.06. The lowest BCUT2D eigenvalue weighted by molar-refractivity contribution is -0.121. The van der Waals surface area contributed by atoms with Gasteiger partial charge < -0.3 is 0 Å². The first-order valence-corrected chi connectivity index (χ1v) is 9.06. The molecule has 1 aliphatic carbocycles. The number of rotatable bonds is 3. The third-order valence-corrected chi connectivity index (χ3v) is 5.36. The average molecular weight is 343 g/mol. The quantitative estimate of drug-likeness (QED) is 0.665. The summed E-state index contributed by atoms with van der Waals surface area (Å²) in [5, 5.41) is 0. The molecule has 6 heteroatoms. The van der Waals surface area contributed by atoms with Crippen LogP contribution in [0.15, 0.2) is 24.4 Å². The molecule has 2 amide bonds. The maximum atomic E-state index is 12.2. The zero-order valence-electron chi connectivity index (χ0n) is 13.7. The number of pyridine rings is 1. The zero-order chi connectivity index (χ0) is 16.9. The van der Waals surface area contributed by atoms with E-state index in [0.29, 0.717) is 4.88 Å². The molecule has 2 N–H and O–H groups in total. The molecule has 0 aliphatic heterocycles. The van der Waals surface area contributed by atoms with Gasteiger partial charge in [-0.05, 0) is 55.9 Å². The number of aromatic nitrogens is 1. The van der Waals surface area contributed by atoms with Gasteiger partial charge in [-0.1, -0.05) is 12.5 Å². The van der Waals surface area contributed by atoms with Crippen molar-refractivity contribution in [3.8, 4) is 0 Å². The first-order valence-electron chi connectivity index (χ1n) is 8.24. The fourth-order valence-electron chi connectivity index (χ4n) is 2.80. The van der Waals surface area contributed by atoms with E-state index in [4.69, 9.17) is 0 Å². The Labute approximate surface area is 145 Å². The molecule has 2 heterocycles. The van der Waals surface area contributed by atoms with E-state index in [-0.39, 0.29) is 18.2 Å². The van der Waals surface area contributed by atoms with Crippen LogP contribution >= 0.6 is 11.3 Å². The van der Waals surface area contributed by atoms with Crippen molar-refractivity contribution in [1.29, 1.82) is 0 Å². The highest BCUT2D eigenvalue weighted by Gasteiger charge is 2.16. The van der Waals surface area contributed by atoms with E-state index in [2.05, 4.69) is 15.8 Å². The molecule has 0 fully saturated rings. The molecule has 2 aromatic heterocycles. The van der Waals surface area contributed by atoms with Crippen molar-refractivity contribution in [1.82, 2.24) is 15.8 Å². The molecule has 3 rings (SSSR count). The molecule has 0 unspecified atom stereocenters. The largest absolute Gasteiger partial charge is 0.279 e. The van der Waals surface area contributed by atoms with Crippen molar-refractivity contribution in [2.75, 3.05) is 0 Å². The topological polar surface area (TPSA) is 71.1 Å². The molecular weight excluding hydrogens is 322 g/mol. The summed E-state index contributed by atoms with van der Waals surface area (Å²) in [4.78, 5) is 30.3. The Morgan fingerprint density at radius 2 is 2.00 bits per heavy atom. The molecule has 0 radical (unpaired) electrons. The number of thiophene rings is 1. The van der Waals surface area contributed by atoms with Crippen LogP contribution in [-0.2, 0) is 24.1 Å². The van der Waals surface area contributed by atoms with Crippen molar-refractivity contribution in [3.63, 3.8) is 0 Å². The molecule has 0 bridgehead atoms. The van der Waals surface area contributed by atoms with Crippen LogP contribution < -0.4 is 10.9 Å². The summed E-state index contributed by atoms with van der Waals surface area (Å²) in [6.07, 6.45) is 7.60. The SMILES string of the molecule is Cc1ccc(CC(=O)NNC(=O)c2cc3c(s2)CCCCC3)cn1. The Hall–Kier alpha value is -2.21. The lowest BCUT2D eigenvalue weighted by Crippen LogP contribution is -2.42. The number of fused-ring (bicyclic) bond motifs is 1. The van der Waals surface area contributed by atoms with Crippen LogP contribution in [0.4, 0.5) is 0 Å². The van der Waals surface area contributed by atoms with Crippen LogP contribution in [0.25, 0.3) is 0 Å². The average Bonchev–Trinajstić information content (AvgIpc) is 2.86. The van der Waals surface area contributed by atoms with E-state index in [9.17, 15) is 9.59 Å². The number of carbonyl (C=O) groups is 2. The zero-order valence-corrected chi connectivity index (χ0v) is 14.5. The van der Waals surface area contributed by atoms with Crippen LogP contribution in [0.1, 0.15) is 50.6 Å². The van der Waals surface area contributed by atoms with Crippen molar-refractivity contribution >= 4 is 23.2 Å². The molecule has 0 atom stereocenters. The van der Waals surface area contributed by atoms with Gasteiger partial charge in [0, 0.05) is 16.8 Å². The van der Waals surface area contributed by atoms with Gasteiger partial charge in [-0.25, -0.2) is 0 Å². The second-order valence-electron chi connectivity index (χ2n) is 6.11. The van der Waals surface area contributed by atoms with E-state index < -0.39 is 0 Å². The van der Waals surface area contributed by atoms with Crippen molar-refractivity contribution in [2.24, 2.45) is 0 Å². The lowest BCUT2D eigenvalue weighted by atomic mass is 10.1. The van der Waals surface area contributed by atoms with E-state index in [1.807, 2.05) is 25.1 Å². The Morgan fingerprint density at radius 3 is 2.79 bits per heavy atom. The molecule has 0 aromatic carbocycles. The standard InChI is InChI=1S/C18H21N3O2S/c1-12-7-8-13(11-19-12)9-17(22)20-21-18(23)16-10-14-5-3-2-4-6-15(14)24-16/h7-8,10-11H,2-6,9H2,1H3,(H,20,22)(H,21,23).